The summed E-state index contributed by atoms with van der Waals surface area (Å²) in [5.41, 5.74) is -0.0647. The van der Waals surface area contributed by atoms with Gasteiger partial charge in [0.15, 0.2) is 0 Å². The van der Waals surface area contributed by atoms with Crippen LogP contribution in [0.15, 0.2) is 22.7 Å². The maximum absolute atomic E-state index is 12.5. The fraction of sp³-hybridized carbons (Fsp3) is 0.385. The highest BCUT2D eigenvalue weighted by molar-refractivity contribution is 9.10. The van der Waals surface area contributed by atoms with E-state index in [1.165, 1.54) is 30.2 Å². The van der Waals surface area contributed by atoms with Crippen molar-refractivity contribution in [1.82, 2.24) is 4.90 Å². The Kier molecular flexibility index (Phi) is 5.83. The highest BCUT2D eigenvalue weighted by Gasteiger charge is 2.25. The number of carbonyl (C=O) groups is 2. The molecule has 1 aromatic carbocycles. The third-order valence-electron chi connectivity index (χ3n) is 2.80. The lowest BCUT2D eigenvalue weighted by Crippen LogP contribution is -2.41. The van der Waals surface area contributed by atoms with Crippen LogP contribution in [0.25, 0.3) is 0 Å². The molecule has 0 atom stereocenters. The fourth-order valence-corrected chi connectivity index (χ4v) is 2.05. The van der Waals surface area contributed by atoms with E-state index >= 15 is 0 Å². The van der Waals surface area contributed by atoms with Crippen LogP contribution in [0.5, 0.6) is 0 Å². The van der Waals surface area contributed by atoms with Crippen molar-refractivity contribution in [3.05, 3.63) is 38.3 Å². The van der Waals surface area contributed by atoms with Gasteiger partial charge in [0.25, 0.3) is 11.6 Å². The molecule has 0 unspecified atom stereocenters. The van der Waals surface area contributed by atoms with Gasteiger partial charge in [-0.05, 0) is 35.8 Å². The van der Waals surface area contributed by atoms with Gasteiger partial charge in [-0.2, -0.15) is 0 Å². The zero-order valence-corrected chi connectivity index (χ0v) is 13.4. The zero-order valence-electron chi connectivity index (χ0n) is 11.8. The van der Waals surface area contributed by atoms with Crippen molar-refractivity contribution < 1.29 is 19.2 Å². The number of nitrogens with zero attached hydrogens (tertiary/aromatic N) is 2. The summed E-state index contributed by atoms with van der Waals surface area (Å²) in [6.07, 6.45) is 0. The van der Waals surface area contributed by atoms with Crippen LogP contribution in [-0.2, 0) is 9.53 Å². The van der Waals surface area contributed by atoms with Crippen molar-refractivity contribution >= 4 is 33.5 Å². The monoisotopic (exact) mass is 358 g/mol. The zero-order chi connectivity index (χ0) is 16.2. The third kappa shape index (κ3) is 4.25. The van der Waals surface area contributed by atoms with E-state index in [0.29, 0.717) is 4.47 Å². The van der Waals surface area contributed by atoms with E-state index in [4.69, 9.17) is 0 Å². The first kappa shape index (κ1) is 17.1. The molecule has 8 heteroatoms. The lowest BCUT2D eigenvalue weighted by molar-refractivity contribution is -0.384. The Balaban J connectivity index is 3.17. The number of benzene rings is 1. The maximum atomic E-state index is 12.5. The van der Waals surface area contributed by atoms with Crippen LogP contribution in [0.2, 0.25) is 0 Å². The molecule has 0 spiro atoms. The third-order valence-corrected chi connectivity index (χ3v) is 3.49. The summed E-state index contributed by atoms with van der Waals surface area (Å²) in [4.78, 5) is 35.4. The number of amides is 1. The van der Waals surface area contributed by atoms with E-state index in [9.17, 15) is 19.7 Å². The number of esters is 1. The predicted molar refractivity (Wildman–Crippen MR) is 79.0 cm³/mol. The fourth-order valence-electron chi connectivity index (χ4n) is 1.64. The molecule has 0 saturated carbocycles. The Labute approximate surface area is 130 Å². The minimum absolute atomic E-state index is 0.127. The smallest absolute Gasteiger partial charge is 0.325 e. The molecule has 0 aliphatic heterocycles. The lowest BCUT2D eigenvalue weighted by Gasteiger charge is -2.25. The molecular formula is C13H15BrN2O5. The summed E-state index contributed by atoms with van der Waals surface area (Å²) in [5.74, 6) is -1.04. The Morgan fingerprint density at radius 3 is 2.52 bits per heavy atom. The Morgan fingerprint density at radius 1 is 1.43 bits per heavy atom. The summed E-state index contributed by atoms with van der Waals surface area (Å²) in [5, 5.41) is 10.8. The van der Waals surface area contributed by atoms with Crippen LogP contribution in [0.1, 0.15) is 24.2 Å². The first-order chi connectivity index (χ1) is 9.77. The summed E-state index contributed by atoms with van der Waals surface area (Å²) in [6.45, 7) is 3.26. The van der Waals surface area contributed by atoms with Gasteiger partial charge in [-0.25, -0.2) is 0 Å². The topological polar surface area (TPSA) is 89.8 Å². The van der Waals surface area contributed by atoms with Gasteiger partial charge in [0.2, 0.25) is 0 Å². The first-order valence-electron chi connectivity index (χ1n) is 6.09. The van der Waals surface area contributed by atoms with Crippen molar-refractivity contribution in [3.8, 4) is 0 Å². The second-order valence-corrected chi connectivity index (χ2v) is 5.38. The highest BCUT2D eigenvalue weighted by Crippen LogP contribution is 2.24. The number of hydrogen-bond donors (Lipinski definition) is 0. The Hall–Kier alpha value is -1.96. The second kappa shape index (κ2) is 7.16. The average Bonchev–Trinajstić information content (AvgIpc) is 2.43. The second-order valence-electron chi connectivity index (χ2n) is 4.52. The van der Waals surface area contributed by atoms with Gasteiger partial charge in [0.05, 0.1) is 17.6 Å². The number of nitro benzene ring substituents is 1. The highest BCUT2D eigenvalue weighted by atomic mass is 79.9. The molecular weight excluding hydrogens is 344 g/mol. The maximum Gasteiger partial charge on any atom is 0.325 e. The minimum Gasteiger partial charge on any atom is -0.468 e. The van der Waals surface area contributed by atoms with Crippen molar-refractivity contribution in [2.24, 2.45) is 0 Å². The van der Waals surface area contributed by atoms with Gasteiger partial charge < -0.3 is 9.64 Å². The quantitative estimate of drug-likeness (QED) is 0.457. The average molecular weight is 359 g/mol. The molecule has 0 fully saturated rings. The van der Waals surface area contributed by atoms with Gasteiger partial charge in [-0.1, -0.05) is 0 Å². The predicted octanol–water partition coefficient (Wildman–Crippen LogP) is 2.38. The first-order valence-corrected chi connectivity index (χ1v) is 6.89. The van der Waals surface area contributed by atoms with E-state index < -0.39 is 16.8 Å². The van der Waals surface area contributed by atoms with Gasteiger partial charge in [-0.15, -0.1) is 0 Å². The van der Waals surface area contributed by atoms with E-state index in [0.717, 1.165) is 0 Å². The van der Waals surface area contributed by atoms with Crippen molar-refractivity contribution in [2.75, 3.05) is 13.7 Å². The van der Waals surface area contributed by atoms with Crippen LogP contribution in [0.3, 0.4) is 0 Å². The number of non-ortho nitro benzene ring substituents is 1. The summed E-state index contributed by atoms with van der Waals surface area (Å²) in [6, 6.07) is 3.64. The van der Waals surface area contributed by atoms with Gasteiger partial charge >= 0.3 is 5.97 Å². The number of hydrogen-bond acceptors (Lipinski definition) is 5. The van der Waals surface area contributed by atoms with Crippen LogP contribution in [0.4, 0.5) is 5.69 Å². The number of methoxy groups -OCH3 is 1. The van der Waals surface area contributed by atoms with Crippen molar-refractivity contribution in [3.63, 3.8) is 0 Å². The number of ether oxygens (including phenoxy) is 1. The normalized spacial score (nSPS) is 10.3. The standard InChI is InChI=1S/C13H15BrN2O5/c1-8(2)15(7-12(17)21-3)13(18)10-6-9(16(19)20)4-5-11(10)14/h4-6,8H,7H2,1-3H3. The molecule has 1 aromatic rings. The molecule has 1 rings (SSSR count). The van der Waals surface area contributed by atoms with E-state index in [-0.39, 0.29) is 23.8 Å². The molecule has 0 aliphatic rings. The van der Waals surface area contributed by atoms with Crippen molar-refractivity contribution in [1.29, 1.82) is 0 Å². The minimum atomic E-state index is -0.580. The molecule has 0 heterocycles. The van der Waals surface area contributed by atoms with E-state index in [2.05, 4.69) is 20.7 Å². The van der Waals surface area contributed by atoms with Gasteiger partial charge in [0, 0.05) is 22.6 Å². The summed E-state index contributed by atoms with van der Waals surface area (Å²) in [7, 11) is 1.23. The lowest BCUT2D eigenvalue weighted by atomic mass is 10.1. The number of nitro groups is 1. The van der Waals surface area contributed by atoms with Crippen LogP contribution < -0.4 is 0 Å². The van der Waals surface area contributed by atoms with Crippen LogP contribution >= 0.6 is 15.9 Å². The Bertz CT molecular complexity index is 574. The molecule has 0 N–H and O–H groups in total. The molecule has 0 radical (unpaired) electrons. The Morgan fingerprint density at radius 2 is 2.05 bits per heavy atom. The van der Waals surface area contributed by atoms with Gasteiger partial charge in [-0.3, -0.25) is 19.7 Å². The largest absolute Gasteiger partial charge is 0.468 e. The molecule has 1 amide bonds. The van der Waals surface area contributed by atoms with E-state index in [1.807, 2.05) is 0 Å². The number of carbonyl (C=O) groups excluding carboxylic acids is 2. The molecule has 114 valence electrons. The van der Waals surface area contributed by atoms with Crippen LogP contribution in [-0.4, -0.2) is 41.4 Å². The summed E-state index contributed by atoms with van der Waals surface area (Å²) >= 11 is 3.19. The van der Waals surface area contributed by atoms with Gasteiger partial charge in [0.1, 0.15) is 6.54 Å². The SMILES string of the molecule is COC(=O)CN(C(=O)c1cc([N+](=O)[O-])ccc1Br)C(C)C. The molecule has 21 heavy (non-hydrogen) atoms. The number of halogens is 1. The summed E-state index contributed by atoms with van der Waals surface area (Å²) < 4.78 is 4.98. The molecule has 0 aromatic heterocycles. The molecule has 7 nitrogen and oxygen atoms in total. The molecule has 0 bridgehead atoms. The van der Waals surface area contributed by atoms with Crippen LogP contribution in [0, 0.1) is 10.1 Å². The number of rotatable bonds is 5. The van der Waals surface area contributed by atoms with Crippen molar-refractivity contribution in [2.45, 2.75) is 19.9 Å². The van der Waals surface area contributed by atoms with E-state index in [1.54, 1.807) is 13.8 Å². The molecule has 0 aliphatic carbocycles. The molecule has 0 saturated heterocycles.